The third-order valence-electron chi connectivity index (χ3n) is 4.87. The molecule has 0 N–H and O–H groups in total. The predicted octanol–water partition coefficient (Wildman–Crippen LogP) is 2.03. The number of methoxy groups -OCH3 is 1. The quantitative estimate of drug-likeness (QED) is 0.826. The van der Waals surface area contributed by atoms with Gasteiger partial charge in [-0.2, -0.15) is 0 Å². The number of carbonyl (C=O) groups is 1. The summed E-state index contributed by atoms with van der Waals surface area (Å²) in [4.78, 5) is 12.9. The Kier molecular flexibility index (Phi) is 2.40. The summed E-state index contributed by atoms with van der Waals surface area (Å²) in [6.45, 7) is 3.70. The van der Waals surface area contributed by atoms with Crippen LogP contribution in [0.3, 0.4) is 0 Å². The lowest BCUT2D eigenvalue weighted by Gasteiger charge is -2.21. The van der Waals surface area contributed by atoms with Gasteiger partial charge in [-0.1, -0.05) is 5.16 Å². The van der Waals surface area contributed by atoms with Gasteiger partial charge in [0.15, 0.2) is 5.78 Å². The van der Waals surface area contributed by atoms with Crippen LogP contribution in [0.2, 0.25) is 0 Å². The highest BCUT2D eigenvalue weighted by molar-refractivity contribution is 6.25. The van der Waals surface area contributed by atoms with Gasteiger partial charge in [-0.3, -0.25) is 4.79 Å². The zero-order valence-corrected chi connectivity index (χ0v) is 11.8. The lowest BCUT2D eigenvalue weighted by atomic mass is 9.80. The summed E-state index contributed by atoms with van der Waals surface area (Å²) < 4.78 is 16.7. The molecule has 2 aliphatic heterocycles. The number of aryl methyl sites for hydroxylation is 2. The fourth-order valence-corrected chi connectivity index (χ4v) is 4.12. The molecule has 2 unspecified atom stereocenters. The molecule has 106 valence electrons. The van der Waals surface area contributed by atoms with E-state index in [2.05, 4.69) is 5.16 Å². The van der Waals surface area contributed by atoms with E-state index >= 15 is 0 Å². The average molecular weight is 275 g/mol. The molecule has 5 nitrogen and oxygen atoms in total. The molecule has 3 aliphatic rings. The summed E-state index contributed by atoms with van der Waals surface area (Å²) in [5.74, 6) is 1.58. The number of hydrogen-bond donors (Lipinski definition) is 0. The first kappa shape index (κ1) is 12.1. The van der Waals surface area contributed by atoms with E-state index in [0.717, 1.165) is 29.9 Å². The summed E-state index contributed by atoms with van der Waals surface area (Å²) in [6, 6.07) is 0. The highest BCUT2D eigenvalue weighted by atomic mass is 16.5. The third kappa shape index (κ3) is 1.31. The summed E-state index contributed by atoms with van der Waals surface area (Å²) >= 11 is 0. The lowest BCUT2D eigenvalue weighted by Crippen LogP contribution is -2.29. The third-order valence-corrected chi connectivity index (χ3v) is 4.87. The minimum Gasteiger partial charge on any atom is -0.500 e. The van der Waals surface area contributed by atoms with E-state index < -0.39 is 0 Å². The van der Waals surface area contributed by atoms with Crippen LogP contribution in [0.4, 0.5) is 0 Å². The summed E-state index contributed by atoms with van der Waals surface area (Å²) in [5, 5.41) is 3.96. The molecule has 4 atom stereocenters. The molecule has 20 heavy (non-hydrogen) atoms. The molecule has 0 spiro atoms. The van der Waals surface area contributed by atoms with Gasteiger partial charge in [-0.25, -0.2) is 0 Å². The number of nitrogens with zero attached hydrogens (tertiary/aromatic N) is 1. The number of ether oxygens (including phenoxy) is 2. The monoisotopic (exact) mass is 275 g/mol. The van der Waals surface area contributed by atoms with Crippen LogP contribution in [0, 0.1) is 25.7 Å². The lowest BCUT2D eigenvalue weighted by molar-refractivity contribution is -0.118. The van der Waals surface area contributed by atoms with Crippen molar-refractivity contribution in [3.8, 4) is 0 Å². The van der Waals surface area contributed by atoms with Crippen molar-refractivity contribution in [2.45, 2.75) is 38.9 Å². The first-order valence-corrected chi connectivity index (χ1v) is 7.04. The second-order valence-corrected chi connectivity index (χ2v) is 5.85. The molecule has 1 aromatic heterocycles. The van der Waals surface area contributed by atoms with Gasteiger partial charge >= 0.3 is 0 Å². The Labute approximate surface area is 116 Å². The Balaban J connectivity index is 1.89. The fraction of sp³-hybridized carbons (Fsp3) is 0.600. The van der Waals surface area contributed by atoms with Crippen molar-refractivity contribution in [2.75, 3.05) is 7.11 Å². The molecule has 5 heteroatoms. The highest BCUT2D eigenvalue weighted by Gasteiger charge is 2.59. The number of hydrogen-bond acceptors (Lipinski definition) is 5. The molecule has 3 heterocycles. The predicted molar refractivity (Wildman–Crippen MR) is 69.8 cm³/mol. The fourth-order valence-electron chi connectivity index (χ4n) is 4.12. The molecular formula is C15H17NO4. The van der Waals surface area contributed by atoms with Crippen LogP contribution in [-0.4, -0.2) is 30.3 Å². The van der Waals surface area contributed by atoms with Crippen molar-refractivity contribution in [3.63, 3.8) is 0 Å². The van der Waals surface area contributed by atoms with Crippen LogP contribution < -0.4 is 0 Å². The van der Waals surface area contributed by atoms with E-state index in [-0.39, 0.29) is 29.8 Å². The van der Waals surface area contributed by atoms with E-state index in [1.807, 2.05) is 13.8 Å². The van der Waals surface area contributed by atoms with Gasteiger partial charge in [0.05, 0.1) is 48.0 Å². The van der Waals surface area contributed by atoms with Gasteiger partial charge in [0.2, 0.25) is 0 Å². The Morgan fingerprint density at radius 1 is 1.20 bits per heavy atom. The molecule has 2 fully saturated rings. The molecule has 2 saturated heterocycles. The topological polar surface area (TPSA) is 61.6 Å². The van der Waals surface area contributed by atoms with Crippen molar-refractivity contribution in [3.05, 3.63) is 22.8 Å². The average Bonchev–Trinajstić information content (AvgIpc) is 3.15. The standard InChI is InChI=1S/C15H17NO4/c1-6-10(7(2)20-16-6)13-14(17)11-8-4-5-9(19-8)12(11)15(13)18-3/h8-9,11-12H,4-5H2,1-3H3/t8?,9?,11-,12+/m1/s1. The number of rotatable bonds is 2. The van der Waals surface area contributed by atoms with E-state index in [1.165, 1.54) is 0 Å². The molecule has 0 aromatic carbocycles. The van der Waals surface area contributed by atoms with Crippen molar-refractivity contribution >= 4 is 11.4 Å². The molecule has 0 radical (unpaired) electrons. The van der Waals surface area contributed by atoms with Crippen molar-refractivity contribution in [1.29, 1.82) is 0 Å². The summed E-state index contributed by atoms with van der Waals surface area (Å²) in [7, 11) is 1.63. The minimum atomic E-state index is -0.0765. The van der Waals surface area contributed by atoms with Gasteiger partial charge in [0.25, 0.3) is 0 Å². The zero-order chi connectivity index (χ0) is 14.0. The van der Waals surface area contributed by atoms with Crippen molar-refractivity contribution < 1.29 is 18.8 Å². The number of Topliss-reactive ketones (excluding diaryl/α,β-unsaturated/α-hetero) is 1. The summed E-state index contributed by atoms with van der Waals surface area (Å²) in [5.41, 5.74) is 2.22. The largest absolute Gasteiger partial charge is 0.500 e. The maximum absolute atomic E-state index is 12.9. The number of allylic oxidation sites excluding steroid dienone is 1. The summed E-state index contributed by atoms with van der Waals surface area (Å²) in [6.07, 6.45) is 2.17. The first-order chi connectivity index (χ1) is 9.63. The van der Waals surface area contributed by atoms with Crippen LogP contribution in [0.1, 0.15) is 29.9 Å². The van der Waals surface area contributed by atoms with Crippen LogP contribution in [0.15, 0.2) is 10.3 Å². The van der Waals surface area contributed by atoms with E-state index in [4.69, 9.17) is 14.0 Å². The highest BCUT2D eigenvalue weighted by Crippen LogP contribution is 2.54. The normalized spacial score (nSPS) is 35.0. The molecule has 0 saturated carbocycles. The van der Waals surface area contributed by atoms with Crippen LogP contribution >= 0.6 is 0 Å². The number of ketones is 1. The molecular weight excluding hydrogens is 258 g/mol. The van der Waals surface area contributed by atoms with Crippen LogP contribution in [0.5, 0.6) is 0 Å². The first-order valence-electron chi connectivity index (χ1n) is 7.04. The van der Waals surface area contributed by atoms with Crippen molar-refractivity contribution in [2.24, 2.45) is 11.8 Å². The van der Waals surface area contributed by atoms with Crippen molar-refractivity contribution in [1.82, 2.24) is 5.16 Å². The SMILES string of the molecule is COC1=C(c2c(C)noc2C)C(=O)[C@@H]2C3CCC(O3)[C@H]12. The maximum Gasteiger partial charge on any atom is 0.173 e. The van der Waals surface area contributed by atoms with Gasteiger partial charge in [-0.15, -0.1) is 0 Å². The van der Waals surface area contributed by atoms with Gasteiger partial charge in [-0.05, 0) is 26.7 Å². The maximum atomic E-state index is 12.9. The van der Waals surface area contributed by atoms with Crippen LogP contribution in [0.25, 0.3) is 5.57 Å². The second-order valence-electron chi connectivity index (χ2n) is 5.85. The van der Waals surface area contributed by atoms with E-state index in [0.29, 0.717) is 11.3 Å². The smallest absolute Gasteiger partial charge is 0.173 e. The Bertz CT molecular complexity index is 610. The molecule has 4 rings (SSSR count). The minimum absolute atomic E-state index is 0.0561. The second kappa shape index (κ2) is 3.95. The number of aromatic nitrogens is 1. The van der Waals surface area contributed by atoms with E-state index in [1.54, 1.807) is 7.11 Å². The van der Waals surface area contributed by atoms with Crippen LogP contribution in [-0.2, 0) is 14.3 Å². The number of carbonyl (C=O) groups excluding carboxylic acids is 1. The van der Waals surface area contributed by atoms with Gasteiger partial charge in [0.1, 0.15) is 11.5 Å². The van der Waals surface area contributed by atoms with E-state index in [9.17, 15) is 4.79 Å². The molecule has 1 aliphatic carbocycles. The Morgan fingerprint density at radius 2 is 1.90 bits per heavy atom. The molecule has 0 amide bonds. The zero-order valence-electron chi connectivity index (χ0n) is 11.8. The van der Waals surface area contributed by atoms with Gasteiger partial charge in [0, 0.05) is 0 Å². The number of fused-ring (bicyclic) bond motifs is 5. The molecule has 1 aromatic rings. The Hall–Kier alpha value is -1.62. The molecule has 2 bridgehead atoms. The van der Waals surface area contributed by atoms with Gasteiger partial charge < -0.3 is 14.0 Å². The Morgan fingerprint density at radius 3 is 2.50 bits per heavy atom.